The van der Waals surface area contributed by atoms with Gasteiger partial charge in [0.25, 0.3) is 5.91 Å². The highest BCUT2D eigenvalue weighted by Gasteiger charge is 2.26. The summed E-state index contributed by atoms with van der Waals surface area (Å²) in [6.07, 6.45) is 1.71. The molecule has 1 heterocycles. The maximum Gasteiger partial charge on any atom is 0.337 e. The van der Waals surface area contributed by atoms with Crippen LogP contribution in [0, 0.1) is 5.92 Å². The molecule has 2 amide bonds. The van der Waals surface area contributed by atoms with E-state index in [1.807, 2.05) is 18.4 Å². The van der Waals surface area contributed by atoms with E-state index in [0.717, 1.165) is 0 Å². The third-order valence-electron chi connectivity index (χ3n) is 5.54. The predicted octanol–water partition coefficient (Wildman–Crippen LogP) is 4.12. The number of carbonyl (C=O) groups is 3. The van der Waals surface area contributed by atoms with Crippen LogP contribution in [0.5, 0.6) is 5.75 Å². The molecule has 3 rings (SSSR count). The molecule has 0 aliphatic carbocycles. The van der Waals surface area contributed by atoms with E-state index in [9.17, 15) is 14.4 Å². The number of aromatic nitrogens is 3. The zero-order chi connectivity index (χ0) is 27.7. The summed E-state index contributed by atoms with van der Waals surface area (Å²) in [5.74, 6) is 0.280. The minimum absolute atomic E-state index is 0.00759. The maximum absolute atomic E-state index is 13.0. The van der Waals surface area contributed by atoms with Gasteiger partial charge in [-0.2, -0.15) is 0 Å². The van der Waals surface area contributed by atoms with Gasteiger partial charge in [0.15, 0.2) is 11.0 Å². The molecule has 0 aliphatic heterocycles. The van der Waals surface area contributed by atoms with Crippen LogP contribution < -0.4 is 15.4 Å². The first-order valence-electron chi connectivity index (χ1n) is 11.9. The van der Waals surface area contributed by atoms with E-state index in [1.54, 1.807) is 61.7 Å². The van der Waals surface area contributed by atoms with Crippen molar-refractivity contribution in [2.24, 2.45) is 5.92 Å². The normalized spacial score (nSPS) is 11.5. The number of anilines is 1. The van der Waals surface area contributed by atoms with Gasteiger partial charge in [-0.1, -0.05) is 37.8 Å². The van der Waals surface area contributed by atoms with Gasteiger partial charge in [-0.15, -0.1) is 16.8 Å². The van der Waals surface area contributed by atoms with Crippen LogP contribution in [0.4, 0.5) is 5.69 Å². The van der Waals surface area contributed by atoms with Gasteiger partial charge in [0.1, 0.15) is 5.75 Å². The molecular weight excluding hydrogens is 506 g/mol. The molecule has 38 heavy (non-hydrogen) atoms. The SMILES string of the molecule is C=CCn1c(SCC(=O)Nc2cccc(C(=O)OC)c2)nnc1[C@H](NC(=O)c1ccc(OC)cc1)C(C)C. The molecule has 0 radical (unpaired) electrons. The fraction of sp³-hybridized carbons (Fsp3) is 0.296. The van der Waals surface area contributed by atoms with Crippen LogP contribution in [-0.2, 0) is 16.1 Å². The number of hydrogen-bond donors (Lipinski definition) is 2. The number of nitrogens with zero attached hydrogens (tertiary/aromatic N) is 3. The number of rotatable bonds is 12. The molecule has 1 aromatic heterocycles. The number of amides is 2. The lowest BCUT2D eigenvalue weighted by Gasteiger charge is -2.22. The Morgan fingerprint density at radius 3 is 2.45 bits per heavy atom. The Labute approximate surface area is 225 Å². The molecule has 3 aromatic rings. The number of hydrogen-bond acceptors (Lipinski definition) is 8. The summed E-state index contributed by atoms with van der Waals surface area (Å²) in [7, 11) is 2.87. The fourth-order valence-corrected chi connectivity index (χ4v) is 4.36. The summed E-state index contributed by atoms with van der Waals surface area (Å²) in [4.78, 5) is 37.3. The highest BCUT2D eigenvalue weighted by molar-refractivity contribution is 7.99. The van der Waals surface area contributed by atoms with Crippen molar-refractivity contribution < 1.29 is 23.9 Å². The smallest absolute Gasteiger partial charge is 0.337 e. The van der Waals surface area contributed by atoms with Crippen LogP contribution in [-0.4, -0.2) is 52.5 Å². The molecule has 0 unspecified atom stereocenters. The van der Waals surface area contributed by atoms with E-state index in [1.165, 1.54) is 18.9 Å². The molecule has 0 saturated heterocycles. The highest BCUT2D eigenvalue weighted by Crippen LogP contribution is 2.26. The molecule has 0 fully saturated rings. The van der Waals surface area contributed by atoms with E-state index in [0.29, 0.717) is 40.1 Å². The number of benzene rings is 2. The van der Waals surface area contributed by atoms with Crippen LogP contribution in [0.3, 0.4) is 0 Å². The fourth-order valence-electron chi connectivity index (χ4n) is 3.60. The molecule has 0 saturated carbocycles. The van der Waals surface area contributed by atoms with Gasteiger partial charge in [0.05, 0.1) is 31.6 Å². The molecule has 2 N–H and O–H groups in total. The minimum Gasteiger partial charge on any atom is -0.497 e. The zero-order valence-electron chi connectivity index (χ0n) is 21.8. The van der Waals surface area contributed by atoms with Crippen molar-refractivity contribution in [1.29, 1.82) is 0 Å². The second-order valence-corrected chi connectivity index (χ2v) is 9.52. The van der Waals surface area contributed by atoms with Crippen LogP contribution in [0.25, 0.3) is 0 Å². The summed E-state index contributed by atoms with van der Waals surface area (Å²) < 4.78 is 11.7. The van der Waals surface area contributed by atoms with Crippen molar-refractivity contribution in [2.45, 2.75) is 31.6 Å². The maximum atomic E-state index is 13.0. The first kappa shape index (κ1) is 28.5. The van der Waals surface area contributed by atoms with Gasteiger partial charge in [-0.3, -0.25) is 9.59 Å². The molecule has 0 bridgehead atoms. The van der Waals surface area contributed by atoms with E-state index >= 15 is 0 Å². The third kappa shape index (κ3) is 7.22. The Morgan fingerprint density at radius 1 is 1.08 bits per heavy atom. The summed E-state index contributed by atoms with van der Waals surface area (Å²) in [5, 5.41) is 15.0. The molecule has 11 heteroatoms. The Hall–Kier alpha value is -4.12. The second-order valence-electron chi connectivity index (χ2n) is 8.57. The largest absolute Gasteiger partial charge is 0.497 e. The van der Waals surface area contributed by atoms with E-state index in [-0.39, 0.29) is 23.5 Å². The van der Waals surface area contributed by atoms with Gasteiger partial charge in [-0.25, -0.2) is 4.79 Å². The number of carbonyl (C=O) groups excluding carboxylic acids is 3. The quantitative estimate of drug-likeness (QED) is 0.201. The van der Waals surface area contributed by atoms with Crippen LogP contribution in [0.15, 0.2) is 66.3 Å². The molecule has 0 spiro atoms. The van der Waals surface area contributed by atoms with Crippen molar-refractivity contribution in [1.82, 2.24) is 20.1 Å². The molecule has 0 aliphatic rings. The number of ether oxygens (including phenoxy) is 2. The van der Waals surface area contributed by atoms with Crippen molar-refractivity contribution in [3.63, 3.8) is 0 Å². The van der Waals surface area contributed by atoms with Gasteiger partial charge in [0.2, 0.25) is 5.91 Å². The van der Waals surface area contributed by atoms with Crippen molar-refractivity contribution >= 4 is 35.2 Å². The number of nitrogens with one attached hydrogen (secondary N) is 2. The molecule has 1 atom stereocenters. The van der Waals surface area contributed by atoms with Gasteiger partial charge in [0, 0.05) is 17.8 Å². The highest BCUT2D eigenvalue weighted by atomic mass is 32.2. The molecule has 10 nitrogen and oxygen atoms in total. The summed E-state index contributed by atoms with van der Waals surface area (Å²) in [5.41, 5.74) is 1.31. The van der Waals surface area contributed by atoms with Crippen LogP contribution >= 0.6 is 11.8 Å². The zero-order valence-corrected chi connectivity index (χ0v) is 22.6. The Morgan fingerprint density at radius 2 is 1.82 bits per heavy atom. The van der Waals surface area contributed by atoms with E-state index < -0.39 is 12.0 Å². The van der Waals surface area contributed by atoms with Gasteiger partial charge >= 0.3 is 5.97 Å². The number of methoxy groups -OCH3 is 2. The predicted molar refractivity (Wildman–Crippen MR) is 145 cm³/mol. The van der Waals surface area contributed by atoms with Gasteiger partial charge < -0.3 is 24.7 Å². The standard InChI is InChI=1S/C27H31N5O5S/c1-6-14-32-24(23(17(2)3)29-25(34)18-10-12-21(36-4)13-11-18)30-31-27(32)38-16-22(33)28-20-9-7-8-19(15-20)26(35)37-5/h6-13,15,17,23H,1,14,16H2,2-5H3,(H,28,33)(H,29,34)/t23-/m1/s1. The Balaban J connectivity index is 1.73. The van der Waals surface area contributed by atoms with Gasteiger partial charge in [-0.05, 0) is 48.4 Å². The lowest BCUT2D eigenvalue weighted by atomic mass is 10.0. The lowest BCUT2D eigenvalue weighted by Crippen LogP contribution is -2.33. The average molecular weight is 538 g/mol. The number of thioether (sulfide) groups is 1. The summed E-state index contributed by atoms with van der Waals surface area (Å²) in [6.45, 7) is 8.18. The van der Waals surface area contributed by atoms with Crippen LogP contribution in [0.1, 0.15) is 46.4 Å². The molecular formula is C27H31N5O5S. The first-order valence-corrected chi connectivity index (χ1v) is 12.9. The first-order chi connectivity index (χ1) is 18.3. The minimum atomic E-state index is -0.487. The second kappa shape index (κ2) is 13.4. The third-order valence-corrected chi connectivity index (χ3v) is 6.51. The summed E-state index contributed by atoms with van der Waals surface area (Å²) in [6, 6.07) is 12.9. The van der Waals surface area contributed by atoms with E-state index in [2.05, 4.69) is 27.4 Å². The number of esters is 1. The topological polar surface area (TPSA) is 124 Å². The van der Waals surface area contributed by atoms with Crippen molar-refractivity contribution in [3.8, 4) is 5.75 Å². The van der Waals surface area contributed by atoms with Crippen molar-refractivity contribution in [3.05, 3.63) is 78.1 Å². The average Bonchev–Trinajstić information content (AvgIpc) is 3.32. The van der Waals surface area contributed by atoms with Crippen LogP contribution in [0.2, 0.25) is 0 Å². The molecule has 200 valence electrons. The Kier molecular flexibility index (Phi) is 10.1. The Bertz CT molecular complexity index is 1290. The van der Waals surface area contributed by atoms with E-state index in [4.69, 9.17) is 9.47 Å². The lowest BCUT2D eigenvalue weighted by molar-refractivity contribution is -0.113. The molecule has 2 aromatic carbocycles. The van der Waals surface area contributed by atoms with Crippen molar-refractivity contribution in [2.75, 3.05) is 25.3 Å². The number of allylic oxidation sites excluding steroid dienone is 1. The monoisotopic (exact) mass is 537 g/mol. The summed E-state index contributed by atoms with van der Waals surface area (Å²) >= 11 is 1.21.